The van der Waals surface area contributed by atoms with E-state index in [2.05, 4.69) is 23.9 Å². The van der Waals surface area contributed by atoms with Gasteiger partial charge in [-0.1, -0.05) is 13.8 Å². The topological polar surface area (TPSA) is 66.0 Å². The van der Waals surface area contributed by atoms with Crippen LogP contribution in [-0.4, -0.2) is 28.0 Å². The highest BCUT2D eigenvalue weighted by molar-refractivity contribution is 4.78. The fraction of sp³-hybridized carbons (Fsp3) is 0.778. The lowest BCUT2D eigenvalue weighted by molar-refractivity contribution is 0.101. The molecule has 14 heavy (non-hydrogen) atoms. The zero-order chi connectivity index (χ0) is 10.4. The second-order valence-electron chi connectivity index (χ2n) is 3.60. The summed E-state index contributed by atoms with van der Waals surface area (Å²) in [5, 5.41) is 4.15. The van der Waals surface area contributed by atoms with Gasteiger partial charge in [-0.15, -0.1) is 0 Å². The Morgan fingerprint density at radius 3 is 2.93 bits per heavy atom. The van der Waals surface area contributed by atoms with Gasteiger partial charge in [-0.25, -0.2) is 4.98 Å². The molecule has 1 aromatic heterocycles. The number of hydrogen-bond donors (Lipinski definition) is 1. The smallest absolute Gasteiger partial charge is 0.164 e. The Hall–Kier alpha value is -0.940. The van der Waals surface area contributed by atoms with Gasteiger partial charge < -0.3 is 10.5 Å². The molecular formula is C9H18N4O. The van der Waals surface area contributed by atoms with Gasteiger partial charge in [-0.3, -0.25) is 4.68 Å². The van der Waals surface area contributed by atoms with E-state index >= 15 is 0 Å². The van der Waals surface area contributed by atoms with E-state index in [4.69, 9.17) is 10.5 Å². The minimum Gasteiger partial charge on any atom is -0.379 e. The van der Waals surface area contributed by atoms with Crippen molar-refractivity contribution in [3.8, 4) is 0 Å². The van der Waals surface area contributed by atoms with Crippen molar-refractivity contribution in [2.75, 3.05) is 13.2 Å². The van der Waals surface area contributed by atoms with E-state index < -0.39 is 0 Å². The molecule has 0 aliphatic rings. The molecule has 0 spiro atoms. The van der Waals surface area contributed by atoms with Gasteiger partial charge in [0, 0.05) is 6.61 Å². The molecule has 0 atom stereocenters. The van der Waals surface area contributed by atoms with Crippen LogP contribution in [0.5, 0.6) is 0 Å². The van der Waals surface area contributed by atoms with E-state index in [1.165, 1.54) is 0 Å². The molecule has 0 saturated carbocycles. The minimum absolute atomic E-state index is 0.389. The van der Waals surface area contributed by atoms with E-state index in [0.29, 0.717) is 24.9 Å². The fourth-order valence-electron chi connectivity index (χ4n) is 1.01. The third-order valence-corrected chi connectivity index (χ3v) is 1.68. The lowest BCUT2D eigenvalue weighted by Gasteiger charge is -2.05. The molecule has 80 valence electrons. The molecule has 0 aromatic carbocycles. The van der Waals surface area contributed by atoms with Gasteiger partial charge in [0.2, 0.25) is 0 Å². The molecule has 1 aromatic rings. The molecule has 1 rings (SSSR count). The Labute approximate surface area is 84.3 Å². The minimum atomic E-state index is 0.389. The van der Waals surface area contributed by atoms with E-state index in [0.717, 1.165) is 13.2 Å². The SMILES string of the molecule is CC(C)COCCn1cnc(CN)n1. The van der Waals surface area contributed by atoms with Crippen LogP contribution in [0.4, 0.5) is 0 Å². The highest BCUT2D eigenvalue weighted by atomic mass is 16.5. The maximum absolute atomic E-state index is 5.42. The Morgan fingerprint density at radius 1 is 1.57 bits per heavy atom. The monoisotopic (exact) mass is 198 g/mol. The van der Waals surface area contributed by atoms with E-state index in [-0.39, 0.29) is 0 Å². The number of ether oxygens (including phenoxy) is 1. The van der Waals surface area contributed by atoms with Crippen molar-refractivity contribution < 1.29 is 4.74 Å². The molecule has 1 heterocycles. The average Bonchev–Trinajstić information content (AvgIpc) is 2.60. The summed E-state index contributed by atoms with van der Waals surface area (Å²) in [6, 6.07) is 0. The summed E-state index contributed by atoms with van der Waals surface area (Å²) in [6.45, 7) is 6.84. The summed E-state index contributed by atoms with van der Waals surface area (Å²) in [7, 11) is 0. The summed E-state index contributed by atoms with van der Waals surface area (Å²) in [6.07, 6.45) is 1.68. The molecule has 2 N–H and O–H groups in total. The van der Waals surface area contributed by atoms with Crippen molar-refractivity contribution in [3.63, 3.8) is 0 Å². The number of aromatic nitrogens is 3. The van der Waals surface area contributed by atoms with Gasteiger partial charge in [0.1, 0.15) is 6.33 Å². The molecule has 0 amide bonds. The first-order valence-corrected chi connectivity index (χ1v) is 4.88. The standard InChI is InChI=1S/C9H18N4O/c1-8(2)6-14-4-3-13-7-11-9(5-10)12-13/h7-8H,3-6,10H2,1-2H3. The van der Waals surface area contributed by atoms with E-state index in [1.54, 1.807) is 11.0 Å². The largest absolute Gasteiger partial charge is 0.379 e. The molecule has 0 bridgehead atoms. The predicted octanol–water partition coefficient (Wildman–Crippen LogP) is 0.409. The van der Waals surface area contributed by atoms with E-state index in [1.807, 2.05) is 0 Å². The Balaban J connectivity index is 2.18. The highest BCUT2D eigenvalue weighted by Gasteiger charge is 1.98. The normalized spacial score (nSPS) is 11.1. The first-order valence-electron chi connectivity index (χ1n) is 4.88. The van der Waals surface area contributed by atoms with Crippen molar-refractivity contribution in [1.82, 2.24) is 14.8 Å². The van der Waals surface area contributed by atoms with Gasteiger partial charge in [0.15, 0.2) is 5.82 Å². The molecule has 5 heteroatoms. The van der Waals surface area contributed by atoms with Crippen LogP contribution in [0, 0.1) is 5.92 Å². The van der Waals surface area contributed by atoms with Crippen molar-refractivity contribution in [3.05, 3.63) is 12.2 Å². The molecule has 0 unspecified atom stereocenters. The summed E-state index contributed by atoms with van der Waals surface area (Å²) in [5.41, 5.74) is 5.39. The van der Waals surface area contributed by atoms with Crippen LogP contribution in [0.3, 0.4) is 0 Å². The molecule has 0 fully saturated rings. The lowest BCUT2D eigenvalue weighted by atomic mass is 10.2. The number of rotatable bonds is 6. The van der Waals surface area contributed by atoms with Crippen LogP contribution in [-0.2, 0) is 17.8 Å². The van der Waals surface area contributed by atoms with Crippen LogP contribution in [0.2, 0.25) is 0 Å². The predicted molar refractivity (Wildman–Crippen MR) is 53.6 cm³/mol. The zero-order valence-electron chi connectivity index (χ0n) is 8.81. The maximum atomic E-state index is 5.42. The molecule has 0 saturated heterocycles. The Morgan fingerprint density at radius 2 is 2.36 bits per heavy atom. The summed E-state index contributed by atoms with van der Waals surface area (Å²) in [4.78, 5) is 4.02. The van der Waals surface area contributed by atoms with Crippen LogP contribution >= 0.6 is 0 Å². The summed E-state index contributed by atoms with van der Waals surface area (Å²) >= 11 is 0. The number of nitrogens with two attached hydrogens (primary N) is 1. The third kappa shape index (κ3) is 3.85. The third-order valence-electron chi connectivity index (χ3n) is 1.68. The zero-order valence-corrected chi connectivity index (χ0v) is 8.81. The first-order chi connectivity index (χ1) is 6.72. The van der Waals surface area contributed by atoms with Gasteiger partial charge in [0.05, 0.1) is 19.7 Å². The molecular weight excluding hydrogens is 180 g/mol. The molecule has 5 nitrogen and oxygen atoms in total. The number of nitrogens with zero attached hydrogens (tertiary/aromatic N) is 3. The van der Waals surface area contributed by atoms with Gasteiger partial charge >= 0.3 is 0 Å². The van der Waals surface area contributed by atoms with E-state index in [9.17, 15) is 0 Å². The molecule has 0 aliphatic heterocycles. The van der Waals surface area contributed by atoms with Crippen LogP contribution in [0.15, 0.2) is 6.33 Å². The van der Waals surface area contributed by atoms with Crippen molar-refractivity contribution in [2.45, 2.75) is 26.9 Å². The summed E-state index contributed by atoms with van der Waals surface area (Å²) < 4.78 is 7.17. The highest BCUT2D eigenvalue weighted by Crippen LogP contribution is 1.93. The molecule has 0 aliphatic carbocycles. The van der Waals surface area contributed by atoms with Crippen molar-refractivity contribution >= 4 is 0 Å². The number of hydrogen-bond acceptors (Lipinski definition) is 4. The van der Waals surface area contributed by atoms with Crippen molar-refractivity contribution in [2.24, 2.45) is 11.7 Å². The fourth-order valence-corrected chi connectivity index (χ4v) is 1.01. The van der Waals surface area contributed by atoms with Gasteiger partial charge in [-0.2, -0.15) is 5.10 Å². The summed E-state index contributed by atoms with van der Waals surface area (Å²) in [5.74, 6) is 1.25. The maximum Gasteiger partial charge on any atom is 0.164 e. The quantitative estimate of drug-likeness (QED) is 0.672. The van der Waals surface area contributed by atoms with Crippen molar-refractivity contribution in [1.29, 1.82) is 0 Å². The van der Waals surface area contributed by atoms with Crippen LogP contribution in [0.25, 0.3) is 0 Å². The lowest BCUT2D eigenvalue weighted by Crippen LogP contribution is -2.10. The van der Waals surface area contributed by atoms with Gasteiger partial charge in [-0.05, 0) is 5.92 Å². The Bertz CT molecular complexity index is 259. The van der Waals surface area contributed by atoms with Crippen LogP contribution in [0.1, 0.15) is 19.7 Å². The first kappa shape index (κ1) is 11.1. The second-order valence-corrected chi connectivity index (χ2v) is 3.60. The van der Waals surface area contributed by atoms with Crippen LogP contribution < -0.4 is 5.73 Å². The average molecular weight is 198 g/mol. The van der Waals surface area contributed by atoms with Gasteiger partial charge in [0.25, 0.3) is 0 Å². The Kier molecular flexibility index (Phi) is 4.55. The second kappa shape index (κ2) is 5.72. The molecule has 0 radical (unpaired) electrons.